The normalized spacial score (nSPS) is 10.3. The Morgan fingerprint density at radius 2 is 2.00 bits per heavy atom. The van der Waals surface area contributed by atoms with Crippen LogP contribution in [0.2, 0.25) is 0 Å². The molecule has 1 aromatic carbocycles. The zero-order valence-electron chi connectivity index (χ0n) is 9.39. The van der Waals surface area contributed by atoms with E-state index in [0.29, 0.717) is 0 Å². The summed E-state index contributed by atoms with van der Waals surface area (Å²) >= 11 is 1.86. The smallest absolute Gasteiger partial charge is 0.0522 e. The average Bonchev–Trinajstić information content (AvgIpc) is 2.78. The lowest BCUT2D eigenvalue weighted by atomic mass is 10.1. The van der Waals surface area contributed by atoms with Crippen LogP contribution in [-0.2, 0) is 0 Å². The topological polar surface area (TPSA) is 4.93 Å². The van der Waals surface area contributed by atoms with Crippen molar-refractivity contribution >= 4 is 18.0 Å². The van der Waals surface area contributed by atoms with Crippen LogP contribution < -0.4 is 0 Å². The molecule has 0 spiro atoms. The van der Waals surface area contributed by atoms with Crippen molar-refractivity contribution in [3.05, 3.63) is 49.2 Å². The van der Waals surface area contributed by atoms with Crippen molar-refractivity contribution in [3.8, 4) is 11.3 Å². The van der Waals surface area contributed by atoms with Gasteiger partial charge in [0.2, 0.25) is 0 Å². The van der Waals surface area contributed by atoms with Gasteiger partial charge in [0.25, 0.3) is 0 Å². The Hall–Kier alpha value is -1.41. The maximum atomic E-state index is 3.80. The Bertz CT molecular complexity index is 468. The molecule has 0 bridgehead atoms. The molecule has 2 heteroatoms. The van der Waals surface area contributed by atoms with E-state index < -0.39 is 0 Å². The van der Waals surface area contributed by atoms with Gasteiger partial charge in [0.05, 0.1) is 5.69 Å². The van der Waals surface area contributed by atoms with Gasteiger partial charge in [0, 0.05) is 17.3 Å². The fourth-order valence-electron chi connectivity index (χ4n) is 1.69. The predicted molar refractivity (Wildman–Crippen MR) is 72.7 cm³/mol. The second kappa shape index (κ2) is 5.08. The molecule has 0 radical (unpaired) electrons. The van der Waals surface area contributed by atoms with Crippen LogP contribution in [-0.4, -0.2) is 10.3 Å². The fourth-order valence-corrected chi connectivity index (χ4v) is 2.35. The molecule has 0 fully saturated rings. The molecule has 0 saturated heterocycles. The number of aromatic nitrogens is 1. The number of benzene rings is 1. The number of rotatable bonds is 4. The lowest BCUT2D eigenvalue weighted by molar-refractivity contribution is 1.18. The molecule has 1 heterocycles. The first-order valence-corrected chi connectivity index (χ1v) is 6.36. The lowest BCUT2D eigenvalue weighted by Crippen LogP contribution is -1.87. The van der Waals surface area contributed by atoms with Crippen LogP contribution in [0.25, 0.3) is 17.5 Å². The molecule has 1 aromatic heterocycles. The number of thioether (sulfide) groups is 1. The molecule has 82 valence electrons. The third-order valence-corrected chi connectivity index (χ3v) is 3.33. The van der Waals surface area contributed by atoms with Crippen LogP contribution in [0, 0.1) is 0 Å². The summed E-state index contributed by atoms with van der Waals surface area (Å²) in [7, 11) is 0. The van der Waals surface area contributed by atoms with Crippen molar-refractivity contribution in [2.75, 3.05) is 5.75 Å². The number of nitrogens with zero attached hydrogens (tertiary/aromatic N) is 1. The Balaban J connectivity index is 2.31. The second-order valence-corrected chi connectivity index (χ2v) is 4.78. The van der Waals surface area contributed by atoms with Crippen molar-refractivity contribution in [1.82, 2.24) is 4.57 Å². The summed E-state index contributed by atoms with van der Waals surface area (Å²) in [6.07, 6.45) is 3.83. The van der Waals surface area contributed by atoms with Gasteiger partial charge >= 0.3 is 0 Å². The van der Waals surface area contributed by atoms with Crippen molar-refractivity contribution in [2.24, 2.45) is 0 Å². The molecule has 0 aliphatic rings. The highest BCUT2D eigenvalue weighted by Gasteiger charge is 2.01. The summed E-state index contributed by atoms with van der Waals surface area (Å²) in [5.74, 6) is 1.11. The minimum atomic E-state index is 1.11. The monoisotopic (exact) mass is 229 g/mol. The van der Waals surface area contributed by atoms with Gasteiger partial charge in [-0.2, -0.15) is 0 Å². The van der Waals surface area contributed by atoms with Gasteiger partial charge in [-0.25, -0.2) is 0 Å². The summed E-state index contributed by atoms with van der Waals surface area (Å²) in [4.78, 5) is 1.32. The van der Waals surface area contributed by atoms with Gasteiger partial charge in [-0.1, -0.05) is 25.6 Å². The van der Waals surface area contributed by atoms with E-state index in [2.05, 4.69) is 43.8 Å². The van der Waals surface area contributed by atoms with E-state index in [1.807, 2.05) is 34.8 Å². The molecule has 0 N–H and O–H groups in total. The minimum Gasteiger partial charge on any atom is -0.324 e. The predicted octanol–water partition coefficient (Wildman–Crippen LogP) is 4.37. The largest absolute Gasteiger partial charge is 0.324 e. The number of hydrogen-bond donors (Lipinski definition) is 0. The van der Waals surface area contributed by atoms with Crippen LogP contribution in [0.15, 0.2) is 54.1 Å². The molecule has 0 amide bonds. The Morgan fingerprint density at radius 1 is 1.25 bits per heavy atom. The molecule has 2 aromatic rings. The quantitative estimate of drug-likeness (QED) is 0.705. The summed E-state index contributed by atoms with van der Waals surface area (Å²) in [6.45, 7) is 5.96. The minimum absolute atomic E-state index is 1.11. The SMILES string of the molecule is C=Cn1cccc1-c1ccc(SCC)cc1. The third-order valence-electron chi connectivity index (χ3n) is 2.44. The van der Waals surface area contributed by atoms with E-state index >= 15 is 0 Å². The van der Waals surface area contributed by atoms with E-state index in [0.717, 1.165) is 5.75 Å². The van der Waals surface area contributed by atoms with Crippen molar-refractivity contribution in [2.45, 2.75) is 11.8 Å². The Kier molecular flexibility index (Phi) is 3.52. The zero-order chi connectivity index (χ0) is 11.4. The highest BCUT2D eigenvalue weighted by Crippen LogP contribution is 2.24. The third kappa shape index (κ3) is 2.22. The molecule has 0 aliphatic carbocycles. The molecule has 0 unspecified atom stereocenters. The highest BCUT2D eigenvalue weighted by atomic mass is 32.2. The van der Waals surface area contributed by atoms with Crippen LogP contribution in [0.4, 0.5) is 0 Å². The fraction of sp³-hybridized carbons (Fsp3) is 0.143. The first-order valence-electron chi connectivity index (χ1n) is 5.37. The maximum absolute atomic E-state index is 3.80. The van der Waals surface area contributed by atoms with Crippen LogP contribution >= 0.6 is 11.8 Å². The average molecular weight is 229 g/mol. The van der Waals surface area contributed by atoms with Crippen LogP contribution in [0.1, 0.15) is 6.92 Å². The van der Waals surface area contributed by atoms with Crippen molar-refractivity contribution in [1.29, 1.82) is 0 Å². The molecular formula is C14H15NS. The molecule has 0 saturated carbocycles. The van der Waals surface area contributed by atoms with E-state index in [1.54, 1.807) is 0 Å². The molecule has 1 nitrogen and oxygen atoms in total. The van der Waals surface area contributed by atoms with E-state index in [1.165, 1.54) is 16.2 Å². The lowest BCUT2D eigenvalue weighted by Gasteiger charge is -2.05. The van der Waals surface area contributed by atoms with Gasteiger partial charge in [0.1, 0.15) is 0 Å². The molecule has 2 rings (SSSR count). The summed E-state index contributed by atoms with van der Waals surface area (Å²) < 4.78 is 2.03. The van der Waals surface area contributed by atoms with Crippen LogP contribution in [0.5, 0.6) is 0 Å². The highest BCUT2D eigenvalue weighted by molar-refractivity contribution is 7.99. The Morgan fingerprint density at radius 3 is 2.62 bits per heavy atom. The van der Waals surface area contributed by atoms with E-state index in [4.69, 9.17) is 0 Å². The molecule has 0 aliphatic heterocycles. The molecule has 16 heavy (non-hydrogen) atoms. The maximum Gasteiger partial charge on any atom is 0.0522 e. The van der Waals surface area contributed by atoms with Gasteiger partial charge < -0.3 is 4.57 Å². The Labute approximate surface area is 101 Å². The van der Waals surface area contributed by atoms with Gasteiger partial charge in [0.15, 0.2) is 0 Å². The standard InChI is InChI=1S/C14H15NS/c1-3-15-11-5-6-14(15)12-7-9-13(10-8-12)16-4-2/h3,5-11H,1,4H2,2H3. The summed E-state index contributed by atoms with van der Waals surface area (Å²) in [5, 5.41) is 0. The zero-order valence-corrected chi connectivity index (χ0v) is 10.2. The summed E-state index contributed by atoms with van der Waals surface area (Å²) in [5.41, 5.74) is 2.41. The van der Waals surface area contributed by atoms with Crippen molar-refractivity contribution in [3.63, 3.8) is 0 Å². The van der Waals surface area contributed by atoms with E-state index in [9.17, 15) is 0 Å². The second-order valence-electron chi connectivity index (χ2n) is 3.44. The van der Waals surface area contributed by atoms with Gasteiger partial charge in [-0.3, -0.25) is 0 Å². The summed E-state index contributed by atoms with van der Waals surface area (Å²) in [6, 6.07) is 12.8. The van der Waals surface area contributed by atoms with Crippen molar-refractivity contribution < 1.29 is 0 Å². The van der Waals surface area contributed by atoms with Crippen LogP contribution in [0.3, 0.4) is 0 Å². The van der Waals surface area contributed by atoms with Gasteiger partial charge in [-0.15, -0.1) is 11.8 Å². The van der Waals surface area contributed by atoms with Gasteiger partial charge in [-0.05, 0) is 35.6 Å². The molecular weight excluding hydrogens is 214 g/mol. The number of hydrogen-bond acceptors (Lipinski definition) is 1. The first-order chi connectivity index (χ1) is 7.85. The molecule has 0 atom stereocenters. The van der Waals surface area contributed by atoms with E-state index in [-0.39, 0.29) is 0 Å². The first kappa shape index (κ1) is 11.1.